The van der Waals surface area contributed by atoms with Crippen molar-refractivity contribution in [2.75, 3.05) is 0 Å². The van der Waals surface area contributed by atoms with Crippen LogP contribution in [0.2, 0.25) is 0 Å². The number of hydrogen-bond donors (Lipinski definition) is 0. The van der Waals surface area contributed by atoms with E-state index in [1.807, 2.05) is 0 Å². The van der Waals surface area contributed by atoms with Gasteiger partial charge in [-0.3, -0.25) is 0 Å². The fourth-order valence-corrected chi connectivity index (χ4v) is 0. The zero-order valence-corrected chi connectivity index (χ0v) is 0.447. The van der Waals surface area contributed by atoms with Crippen LogP contribution in [0.1, 0.15) is 0 Å². The fourth-order valence-electron chi connectivity index (χ4n) is 0. The molecule has 0 rings (SSSR count). The Kier molecular flexibility index (Phi) is 490. The molecule has 0 aliphatic carbocycles. The maximum absolute atomic E-state index is 0. The van der Waals surface area contributed by atoms with Gasteiger partial charge in [0, 0.05) is 6.15 Å². The third kappa shape index (κ3) is 53.8. The minimum atomic E-state index is 0. The first-order valence-corrected chi connectivity index (χ1v) is 0. The number of rotatable bonds is 0. The average molecular weight is 230 g/mol. The summed E-state index contributed by atoms with van der Waals surface area (Å²) in [6, 6.07) is 0. The third-order valence-corrected chi connectivity index (χ3v) is 0. The van der Waals surface area contributed by atoms with Crippen molar-refractivity contribution in [1.82, 2.24) is 6.15 Å². The monoisotopic (exact) mass is 230 g/mol. The molecule has 0 aromatic carbocycles. The van der Waals surface area contributed by atoms with E-state index in [2.05, 4.69) is 0 Å². The molecule has 1 nitrogen and oxygen atoms in total. The molecule has 0 fully saturated rings. The topological polar surface area (TPSA) is 30.5 Å². The summed E-state index contributed by atoms with van der Waals surface area (Å²) in [7, 11) is 0. The molecule has 0 saturated carbocycles. The minimum absolute atomic E-state index is 0. The molecule has 0 bridgehead atoms. The van der Waals surface area contributed by atoms with Crippen LogP contribution >= 0.6 is 0 Å². The van der Waals surface area contributed by atoms with E-state index in [1.165, 1.54) is 0 Å². The van der Waals surface area contributed by atoms with Gasteiger partial charge in [-0.15, -0.1) is 0 Å². The number of nitrogens with zero attached hydrogens (tertiary/aromatic N) is 1. The molecule has 10 heavy (non-hydrogen) atoms. The van der Waals surface area contributed by atoms with Crippen molar-refractivity contribution in [3.8, 4) is 0 Å². The predicted molar refractivity (Wildman–Crippen MR) is 66.5 cm³/mol. The molecule has 3 radical (unpaired) electrons. The van der Waals surface area contributed by atoms with Gasteiger partial charge in [-0.2, -0.15) is 0 Å². The maximum atomic E-state index is 0. The van der Waals surface area contributed by atoms with Gasteiger partial charge in [-0.1, -0.05) is 0 Å². The Hall–Kier alpha value is 8.96. The summed E-state index contributed by atoms with van der Waals surface area (Å²) in [5, 5.41) is 0. The van der Waals surface area contributed by atoms with E-state index in [0.717, 1.165) is 0 Å². The van der Waals surface area contributed by atoms with Crippen LogP contribution in [-0.4, -0.2) is 266 Å². The standard InChI is InChI=1S/N.9Na.9H. The Morgan fingerprint density at radius 3 is 0.200 bits per heavy atom. The van der Waals surface area contributed by atoms with Crippen LogP contribution in [-0.2, 0) is 0 Å². The molecule has 0 aliphatic heterocycles. The van der Waals surface area contributed by atoms with Crippen molar-refractivity contribution >= 4 is 266 Å². The summed E-state index contributed by atoms with van der Waals surface area (Å²) < 4.78 is 0. The summed E-state index contributed by atoms with van der Waals surface area (Å²) in [6.07, 6.45) is 0. The molecule has 0 aromatic rings. The van der Waals surface area contributed by atoms with Crippen LogP contribution in [0.25, 0.3) is 0 Å². The first-order chi connectivity index (χ1) is 0. The van der Waals surface area contributed by atoms with Gasteiger partial charge in [-0.05, 0) is 0 Å². The summed E-state index contributed by atoms with van der Waals surface area (Å²) in [6.45, 7) is 0. The zero-order valence-electron chi connectivity index (χ0n) is 0.447. The molecule has 0 spiro atoms. The molecule has 0 atom stereocenters. The first-order valence-electron chi connectivity index (χ1n) is 0. The van der Waals surface area contributed by atoms with E-state index in [1.54, 1.807) is 0 Å². The van der Waals surface area contributed by atoms with Gasteiger partial charge in [0.25, 0.3) is 0 Å². The Labute approximate surface area is 263 Å². The molecule has 0 unspecified atom stereocenters. The van der Waals surface area contributed by atoms with Crippen LogP contribution < -0.4 is 6.15 Å². The van der Waals surface area contributed by atoms with E-state index >= 15 is 0 Å². The molecular formula is H9NNa9. The fraction of sp³-hybridized carbons (Fsp3) is 0. The van der Waals surface area contributed by atoms with E-state index in [9.17, 15) is 0 Å². The van der Waals surface area contributed by atoms with Crippen LogP contribution in [0.5, 0.6) is 0 Å². The first kappa shape index (κ1) is 76.2. The molecule has 0 aromatic heterocycles. The van der Waals surface area contributed by atoms with E-state index in [4.69, 9.17) is 0 Å². The molecule has 0 heterocycles. The summed E-state index contributed by atoms with van der Waals surface area (Å²) >= 11 is 0. The van der Waals surface area contributed by atoms with E-state index < -0.39 is 0 Å². The van der Waals surface area contributed by atoms with Crippen LogP contribution in [0.15, 0.2) is 0 Å². The van der Waals surface area contributed by atoms with Crippen molar-refractivity contribution < 1.29 is 0 Å². The van der Waals surface area contributed by atoms with Crippen molar-refractivity contribution in [3.63, 3.8) is 0 Å². The number of hydrogen-bond acceptors (Lipinski definition) is 0. The second-order valence-electron chi connectivity index (χ2n) is 0. The summed E-state index contributed by atoms with van der Waals surface area (Å²) in [5.74, 6) is 0. The third-order valence-electron chi connectivity index (χ3n) is 0. The zero-order chi connectivity index (χ0) is 0. The quantitative estimate of drug-likeness (QED) is 0.371. The molecule has 0 N–H and O–H groups in total. The van der Waals surface area contributed by atoms with Crippen LogP contribution in [0.4, 0.5) is 0 Å². The second kappa shape index (κ2) is 64.3. The molecule has 0 amide bonds. The molecule has 0 saturated heterocycles. The molecular weight excluding hydrogens is 221 g/mol. The van der Waals surface area contributed by atoms with Gasteiger partial charge >= 0.3 is 266 Å². The Morgan fingerprint density at radius 2 is 0.200 bits per heavy atom. The van der Waals surface area contributed by atoms with E-state index in [-0.39, 0.29) is 272 Å². The Balaban J connectivity index is 0. The van der Waals surface area contributed by atoms with Gasteiger partial charge < -0.3 is 0 Å². The van der Waals surface area contributed by atoms with Gasteiger partial charge in [0.2, 0.25) is 0 Å². The van der Waals surface area contributed by atoms with Crippen molar-refractivity contribution in [3.05, 3.63) is 0 Å². The van der Waals surface area contributed by atoms with Crippen molar-refractivity contribution in [1.29, 1.82) is 0 Å². The average Bonchev–Trinajstić information content (AvgIpc) is 0. The SMILES string of the molecule is [N].[NaH].[NaH].[NaH].[NaH].[NaH].[NaH].[NaH].[NaH].[NaH]. The van der Waals surface area contributed by atoms with Crippen LogP contribution in [0.3, 0.4) is 0 Å². The Morgan fingerprint density at radius 1 is 0.200 bits per heavy atom. The predicted octanol–water partition coefficient (Wildman–Crippen LogP) is -6.32. The Bertz CT molecular complexity index is 4.69. The van der Waals surface area contributed by atoms with Gasteiger partial charge in [0.15, 0.2) is 0 Å². The summed E-state index contributed by atoms with van der Waals surface area (Å²) in [5.41, 5.74) is 0. The van der Waals surface area contributed by atoms with Crippen molar-refractivity contribution in [2.45, 2.75) is 0 Å². The molecule has 0 aliphatic rings. The van der Waals surface area contributed by atoms with Gasteiger partial charge in [-0.25, -0.2) is 0 Å². The molecule has 23 valence electrons. The molecule has 10 heteroatoms. The normalized spacial score (nSPS) is 0. The van der Waals surface area contributed by atoms with Gasteiger partial charge in [0.1, 0.15) is 0 Å². The van der Waals surface area contributed by atoms with Crippen molar-refractivity contribution in [2.24, 2.45) is 0 Å². The van der Waals surface area contributed by atoms with Gasteiger partial charge in [0.05, 0.1) is 0 Å². The van der Waals surface area contributed by atoms with Crippen LogP contribution in [0, 0.1) is 0 Å². The van der Waals surface area contributed by atoms with E-state index in [0.29, 0.717) is 0 Å². The summed E-state index contributed by atoms with van der Waals surface area (Å²) in [4.78, 5) is 0. The second-order valence-corrected chi connectivity index (χ2v) is 0.